The van der Waals surface area contributed by atoms with Crippen molar-refractivity contribution in [1.82, 2.24) is 14.9 Å². The topological polar surface area (TPSA) is 102 Å². The van der Waals surface area contributed by atoms with Gasteiger partial charge in [0.05, 0.1) is 0 Å². The average molecular weight is 472 g/mol. The zero-order chi connectivity index (χ0) is 24.0. The lowest BCUT2D eigenvalue weighted by molar-refractivity contribution is -0.127. The number of piperidine rings is 1. The van der Waals surface area contributed by atoms with Gasteiger partial charge in [-0.1, -0.05) is 25.1 Å². The minimum absolute atomic E-state index is 0.0125. The molecule has 2 amide bonds. The van der Waals surface area contributed by atoms with E-state index in [1.165, 1.54) is 6.08 Å². The molecule has 2 heterocycles. The number of halogens is 1. The second kappa shape index (κ2) is 11.0. The molecule has 10 heteroatoms. The predicted octanol–water partition coefficient (Wildman–Crippen LogP) is 3.88. The molecule has 0 spiro atoms. The number of aromatic nitrogens is 2. The Kier molecular flexibility index (Phi) is 8.11. The van der Waals surface area contributed by atoms with Crippen LogP contribution in [-0.2, 0) is 9.59 Å². The van der Waals surface area contributed by atoms with Gasteiger partial charge in [0.1, 0.15) is 5.02 Å². The Labute approximate surface area is 199 Å². The van der Waals surface area contributed by atoms with Crippen LogP contribution in [0.25, 0.3) is 0 Å². The molecule has 1 atom stereocenters. The van der Waals surface area contributed by atoms with Gasteiger partial charge in [-0.2, -0.15) is 9.97 Å². The maximum absolute atomic E-state index is 12.0. The first-order valence-electron chi connectivity index (χ1n) is 10.9. The maximum Gasteiger partial charge on any atom is 0.246 e. The van der Waals surface area contributed by atoms with Crippen molar-refractivity contribution in [3.8, 4) is 0 Å². The largest absolute Gasteiger partial charge is 0.372 e. The maximum atomic E-state index is 12.0. The summed E-state index contributed by atoms with van der Waals surface area (Å²) in [5.41, 5.74) is 1.57. The summed E-state index contributed by atoms with van der Waals surface area (Å²) in [6.07, 6.45) is 3.55. The number of carbonyl (C=O) groups excluding carboxylic acids is 2. The highest BCUT2D eigenvalue weighted by Crippen LogP contribution is 2.31. The fourth-order valence-corrected chi connectivity index (χ4v) is 3.89. The Morgan fingerprint density at radius 1 is 1.27 bits per heavy atom. The van der Waals surface area contributed by atoms with E-state index in [1.54, 1.807) is 23.9 Å². The fraction of sp³-hybridized carbons (Fsp3) is 0.391. The van der Waals surface area contributed by atoms with Crippen LogP contribution in [0, 0.1) is 0 Å². The summed E-state index contributed by atoms with van der Waals surface area (Å²) in [5.74, 6) is 1.30. The van der Waals surface area contributed by atoms with Gasteiger partial charge in [-0.15, -0.1) is 0 Å². The van der Waals surface area contributed by atoms with Crippen molar-refractivity contribution in [3.63, 3.8) is 0 Å². The van der Waals surface area contributed by atoms with Crippen LogP contribution < -0.4 is 20.9 Å². The van der Waals surface area contributed by atoms with E-state index in [-0.39, 0.29) is 17.9 Å². The van der Waals surface area contributed by atoms with Gasteiger partial charge in [-0.25, -0.2) is 0 Å². The Morgan fingerprint density at radius 3 is 2.61 bits per heavy atom. The Bertz CT molecular complexity index is 1010. The number of nitrogens with zero attached hydrogens (tertiary/aromatic N) is 4. The van der Waals surface area contributed by atoms with Crippen LogP contribution in [0.4, 0.5) is 29.0 Å². The van der Waals surface area contributed by atoms with Gasteiger partial charge in [-0.05, 0) is 43.2 Å². The molecule has 3 rings (SSSR count). The Morgan fingerprint density at radius 2 is 1.97 bits per heavy atom. The molecule has 1 aliphatic rings. The smallest absolute Gasteiger partial charge is 0.246 e. The van der Waals surface area contributed by atoms with Crippen LogP contribution in [-0.4, -0.2) is 59.9 Å². The van der Waals surface area contributed by atoms with Gasteiger partial charge in [0.25, 0.3) is 0 Å². The van der Waals surface area contributed by atoms with Crippen LogP contribution >= 0.6 is 11.6 Å². The zero-order valence-electron chi connectivity index (χ0n) is 19.2. The third-order valence-electron chi connectivity index (χ3n) is 5.52. The van der Waals surface area contributed by atoms with Gasteiger partial charge >= 0.3 is 0 Å². The van der Waals surface area contributed by atoms with Crippen molar-refractivity contribution in [2.24, 2.45) is 0 Å². The molecule has 1 unspecified atom stereocenters. The highest BCUT2D eigenvalue weighted by atomic mass is 35.5. The molecule has 0 saturated carbocycles. The van der Waals surface area contributed by atoms with Gasteiger partial charge in [0, 0.05) is 51.0 Å². The van der Waals surface area contributed by atoms with Crippen LogP contribution in [0.3, 0.4) is 0 Å². The fourth-order valence-electron chi connectivity index (χ4n) is 3.66. The molecule has 2 aromatic rings. The van der Waals surface area contributed by atoms with Crippen molar-refractivity contribution in [1.29, 1.82) is 0 Å². The normalized spacial score (nSPS) is 15.5. The molecule has 1 fully saturated rings. The third-order valence-corrected chi connectivity index (χ3v) is 5.88. The highest BCUT2D eigenvalue weighted by Gasteiger charge is 2.24. The molecule has 176 valence electrons. The minimum Gasteiger partial charge on any atom is -0.372 e. The number of rotatable bonds is 8. The Balaban J connectivity index is 1.77. The van der Waals surface area contributed by atoms with Crippen LogP contribution in [0.5, 0.6) is 0 Å². The summed E-state index contributed by atoms with van der Waals surface area (Å²) in [6, 6.07) is 7.45. The highest BCUT2D eigenvalue weighted by molar-refractivity contribution is 6.35. The molecule has 0 bridgehead atoms. The van der Waals surface area contributed by atoms with E-state index in [0.29, 0.717) is 42.1 Å². The monoisotopic (exact) mass is 471 g/mol. The lowest BCUT2D eigenvalue weighted by Crippen LogP contribution is -2.44. The summed E-state index contributed by atoms with van der Waals surface area (Å²) >= 11 is 6.52. The number of carbonyl (C=O) groups is 2. The molecular weight excluding hydrogens is 442 g/mol. The third kappa shape index (κ3) is 5.92. The number of amides is 2. The first kappa shape index (κ1) is 24.3. The number of benzene rings is 1. The molecule has 9 nitrogen and oxygen atoms in total. The first-order chi connectivity index (χ1) is 15.9. The second-order valence-electron chi connectivity index (χ2n) is 7.76. The van der Waals surface area contributed by atoms with Crippen molar-refractivity contribution in [2.75, 3.05) is 48.0 Å². The average Bonchev–Trinajstić information content (AvgIpc) is 2.85. The molecule has 3 N–H and O–H groups in total. The van der Waals surface area contributed by atoms with Gasteiger partial charge in [0.15, 0.2) is 11.6 Å². The standard InChI is InChI=1S/C23H30ClN7O2/c1-5-18(32)30(4)17-11-9-15(10-12-17)27-23-28-21(25-3)20(24)22(29-23)26-16-8-7-13-31(14-16)19(33)6-2/h6,9-12,16H,2,5,7-8,13-14H2,1,3-4H3,(H3,25,26,27,28,29). The van der Waals surface area contributed by atoms with E-state index in [0.717, 1.165) is 24.2 Å². The van der Waals surface area contributed by atoms with E-state index >= 15 is 0 Å². The van der Waals surface area contributed by atoms with E-state index < -0.39 is 0 Å². The zero-order valence-corrected chi connectivity index (χ0v) is 19.9. The van der Waals surface area contributed by atoms with Crippen molar-refractivity contribution in [2.45, 2.75) is 32.2 Å². The van der Waals surface area contributed by atoms with Crippen molar-refractivity contribution in [3.05, 3.63) is 41.9 Å². The number of hydrogen-bond donors (Lipinski definition) is 3. The quantitative estimate of drug-likeness (QED) is 0.502. The molecule has 0 aliphatic carbocycles. The van der Waals surface area contributed by atoms with Crippen LogP contribution in [0.15, 0.2) is 36.9 Å². The van der Waals surface area contributed by atoms with Crippen molar-refractivity contribution >= 4 is 52.4 Å². The number of nitrogens with one attached hydrogen (secondary N) is 3. The molecule has 1 saturated heterocycles. The van der Waals surface area contributed by atoms with Crippen LogP contribution in [0.1, 0.15) is 26.2 Å². The summed E-state index contributed by atoms with van der Waals surface area (Å²) in [4.78, 5) is 36.3. The molecule has 1 aliphatic heterocycles. The molecular formula is C23H30ClN7O2. The Hall–Kier alpha value is -3.33. The van der Waals surface area contributed by atoms with Crippen molar-refractivity contribution < 1.29 is 9.59 Å². The van der Waals surface area contributed by atoms with E-state index in [4.69, 9.17) is 11.6 Å². The number of anilines is 5. The second-order valence-corrected chi connectivity index (χ2v) is 8.14. The lowest BCUT2D eigenvalue weighted by Gasteiger charge is -2.33. The van der Waals surface area contributed by atoms with E-state index in [9.17, 15) is 9.59 Å². The number of hydrogen-bond acceptors (Lipinski definition) is 7. The molecule has 0 radical (unpaired) electrons. The summed E-state index contributed by atoms with van der Waals surface area (Å²) in [7, 11) is 3.49. The van der Waals surface area contributed by atoms with Gasteiger partial charge in [-0.3, -0.25) is 9.59 Å². The first-order valence-corrected chi connectivity index (χ1v) is 11.3. The van der Waals surface area contributed by atoms with Crippen LogP contribution in [0.2, 0.25) is 5.02 Å². The van der Waals surface area contributed by atoms with Gasteiger partial charge < -0.3 is 25.8 Å². The van der Waals surface area contributed by atoms with Gasteiger partial charge in [0.2, 0.25) is 17.8 Å². The predicted molar refractivity (Wildman–Crippen MR) is 133 cm³/mol. The number of likely N-dealkylation sites (tertiary alicyclic amines) is 1. The summed E-state index contributed by atoms with van der Waals surface area (Å²) < 4.78 is 0. The van der Waals surface area contributed by atoms with E-state index in [1.807, 2.05) is 31.2 Å². The summed E-state index contributed by atoms with van der Waals surface area (Å²) in [6.45, 7) is 6.67. The summed E-state index contributed by atoms with van der Waals surface area (Å²) in [5, 5.41) is 9.93. The lowest BCUT2D eigenvalue weighted by atomic mass is 10.1. The minimum atomic E-state index is -0.0803. The molecule has 1 aromatic carbocycles. The molecule has 33 heavy (non-hydrogen) atoms. The van der Waals surface area contributed by atoms with E-state index in [2.05, 4.69) is 32.5 Å². The SMILES string of the molecule is C=CC(=O)N1CCCC(Nc2nc(Nc3ccc(N(C)C(=O)CC)cc3)nc(NC)c2Cl)C1. The molecule has 1 aromatic heterocycles.